The minimum absolute atomic E-state index is 0.0214. The summed E-state index contributed by atoms with van der Waals surface area (Å²) in [6, 6.07) is 14.7. The summed E-state index contributed by atoms with van der Waals surface area (Å²) in [5, 5.41) is 6.49. The summed E-state index contributed by atoms with van der Waals surface area (Å²) in [5.41, 5.74) is 2.33. The van der Waals surface area contributed by atoms with E-state index in [1.54, 1.807) is 19.1 Å². The molecule has 4 rings (SSSR count). The molecule has 1 aliphatic rings. The number of aromatic amines is 1. The highest BCUT2D eigenvalue weighted by molar-refractivity contribution is 6.02. The molecule has 1 aromatic heterocycles. The second-order valence-corrected chi connectivity index (χ2v) is 9.00. The minimum atomic E-state index is -0.431. The Hall–Kier alpha value is -3.68. The second-order valence-electron chi connectivity index (χ2n) is 9.00. The van der Waals surface area contributed by atoms with E-state index in [1.807, 2.05) is 30.3 Å². The lowest BCUT2D eigenvalue weighted by molar-refractivity contribution is -0.123. The summed E-state index contributed by atoms with van der Waals surface area (Å²) in [7, 11) is 0. The largest absolute Gasteiger partial charge is 0.356 e. The van der Waals surface area contributed by atoms with Gasteiger partial charge < -0.3 is 20.5 Å². The highest BCUT2D eigenvalue weighted by atomic mass is 19.1. The number of benzene rings is 2. The molecule has 0 aliphatic carbocycles. The van der Waals surface area contributed by atoms with Gasteiger partial charge in [-0.15, -0.1) is 0 Å². The molecule has 35 heavy (non-hydrogen) atoms. The molecule has 3 aromatic rings. The number of hydrogen-bond acceptors (Lipinski definition) is 3. The van der Waals surface area contributed by atoms with Crippen LogP contribution in [0.15, 0.2) is 48.5 Å². The zero-order valence-electron chi connectivity index (χ0n) is 19.9. The molecule has 3 amide bonds. The Kier molecular flexibility index (Phi) is 7.80. The molecule has 1 fully saturated rings. The molecule has 184 valence electrons. The summed E-state index contributed by atoms with van der Waals surface area (Å²) in [6.07, 6.45) is 2.29. The maximum Gasteiger partial charge on any atom is 0.271 e. The zero-order chi connectivity index (χ0) is 24.8. The van der Waals surface area contributed by atoms with E-state index in [-0.39, 0.29) is 47.9 Å². The van der Waals surface area contributed by atoms with Crippen LogP contribution in [0.3, 0.4) is 0 Å². The third kappa shape index (κ3) is 5.88. The lowest BCUT2D eigenvalue weighted by atomic mass is 9.91. The van der Waals surface area contributed by atoms with E-state index in [0.717, 1.165) is 5.56 Å². The molecule has 0 bridgehead atoms. The first-order chi connectivity index (χ1) is 16.9. The van der Waals surface area contributed by atoms with Crippen LogP contribution < -0.4 is 10.6 Å². The number of amides is 3. The molecule has 0 radical (unpaired) electrons. The van der Waals surface area contributed by atoms with Crippen LogP contribution in [0.1, 0.15) is 53.2 Å². The van der Waals surface area contributed by atoms with Crippen LogP contribution in [0.25, 0.3) is 10.9 Å². The summed E-state index contributed by atoms with van der Waals surface area (Å²) in [6.45, 7) is 2.79. The maximum absolute atomic E-state index is 14.3. The van der Waals surface area contributed by atoms with Gasteiger partial charge in [-0.1, -0.05) is 42.5 Å². The fraction of sp³-hybridized carbons (Fsp3) is 0.370. The van der Waals surface area contributed by atoms with E-state index in [2.05, 4.69) is 15.6 Å². The maximum atomic E-state index is 14.3. The Bertz CT molecular complexity index is 1210. The van der Waals surface area contributed by atoms with E-state index in [9.17, 15) is 18.8 Å². The Balaban J connectivity index is 1.51. The van der Waals surface area contributed by atoms with Gasteiger partial charge >= 0.3 is 0 Å². The van der Waals surface area contributed by atoms with Gasteiger partial charge in [0.15, 0.2) is 0 Å². The highest BCUT2D eigenvalue weighted by Gasteiger charge is 2.24. The van der Waals surface area contributed by atoms with Crippen molar-refractivity contribution in [3.63, 3.8) is 0 Å². The lowest BCUT2D eigenvalue weighted by Crippen LogP contribution is -2.43. The number of carbonyl (C=O) groups excluding carboxylic acids is 3. The van der Waals surface area contributed by atoms with E-state index in [0.29, 0.717) is 49.7 Å². The van der Waals surface area contributed by atoms with Crippen molar-refractivity contribution in [2.75, 3.05) is 26.2 Å². The number of aryl methyl sites for hydroxylation is 1. The molecule has 1 unspecified atom stereocenters. The number of halogens is 1. The highest BCUT2D eigenvalue weighted by Crippen LogP contribution is 2.26. The molecule has 0 spiro atoms. The molecule has 7 nitrogen and oxygen atoms in total. The van der Waals surface area contributed by atoms with E-state index in [1.165, 1.54) is 11.0 Å². The van der Waals surface area contributed by atoms with Gasteiger partial charge in [0.05, 0.1) is 12.1 Å². The molecule has 8 heteroatoms. The smallest absolute Gasteiger partial charge is 0.271 e. The summed E-state index contributed by atoms with van der Waals surface area (Å²) < 4.78 is 14.3. The lowest BCUT2D eigenvalue weighted by Gasteiger charge is -2.24. The molecule has 2 aromatic carbocycles. The van der Waals surface area contributed by atoms with Crippen LogP contribution in [0.5, 0.6) is 0 Å². The Morgan fingerprint density at radius 2 is 1.74 bits per heavy atom. The number of para-hydroxylation sites is 1. The van der Waals surface area contributed by atoms with E-state index < -0.39 is 5.82 Å². The molecule has 1 atom stereocenters. The summed E-state index contributed by atoms with van der Waals surface area (Å²) in [4.78, 5) is 42.9. The summed E-state index contributed by atoms with van der Waals surface area (Å²) in [5.74, 6) is -0.919. The quantitative estimate of drug-likeness (QED) is 0.525. The van der Waals surface area contributed by atoms with Crippen molar-refractivity contribution in [2.24, 2.45) is 0 Å². The number of aromatic nitrogens is 1. The predicted octanol–water partition coefficient (Wildman–Crippen LogP) is 3.65. The van der Waals surface area contributed by atoms with Gasteiger partial charge in [0.2, 0.25) is 11.8 Å². The van der Waals surface area contributed by atoms with E-state index >= 15 is 0 Å². The Morgan fingerprint density at radius 1 is 0.971 bits per heavy atom. The van der Waals surface area contributed by atoms with Gasteiger partial charge in [0, 0.05) is 31.4 Å². The average Bonchev–Trinajstić information content (AvgIpc) is 3.20. The van der Waals surface area contributed by atoms with Crippen molar-refractivity contribution < 1.29 is 18.8 Å². The molecular formula is C27H31FN4O3. The van der Waals surface area contributed by atoms with Crippen molar-refractivity contribution in [1.29, 1.82) is 0 Å². The van der Waals surface area contributed by atoms with Crippen LogP contribution >= 0.6 is 0 Å². The summed E-state index contributed by atoms with van der Waals surface area (Å²) >= 11 is 0. The number of fused-ring (bicyclic) bond motifs is 1. The molecule has 0 saturated carbocycles. The van der Waals surface area contributed by atoms with Crippen LogP contribution in [0.4, 0.5) is 4.39 Å². The van der Waals surface area contributed by atoms with Crippen molar-refractivity contribution in [2.45, 2.75) is 38.5 Å². The molecule has 3 N–H and O–H groups in total. The Morgan fingerprint density at radius 3 is 2.51 bits per heavy atom. The first-order valence-electron chi connectivity index (χ1n) is 12.1. The van der Waals surface area contributed by atoms with Gasteiger partial charge in [-0.3, -0.25) is 14.4 Å². The van der Waals surface area contributed by atoms with Gasteiger partial charge in [0.1, 0.15) is 11.5 Å². The first-order valence-corrected chi connectivity index (χ1v) is 12.1. The molecule has 2 heterocycles. The molecule has 1 aliphatic heterocycles. The number of rotatable bonds is 2. The normalized spacial score (nSPS) is 18.6. The average molecular weight is 479 g/mol. The number of H-pyrrole nitrogens is 1. The topological polar surface area (TPSA) is 94.3 Å². The fourth-order valence-corrected chi connectivity index (χ4v) is 4.65. The Labute approximate surface area is 204 Å². The fourth-order valence-electron chi connectivity index (χ4n) is 4.65. The van der Waals surface area contributed by atoms with Crippen LogP contribution in [0.2, 0.25) is 0 Å². The van der Waals surface area contributed by atoms with Gasteiger partial charge in [-0.05, 0) is 49.3 Å². The predicted molar refractivity (Wildman–Crippen MR) is 133 cm³/mol. The molecule has 1 saturated heterocycles. The standard InChI is InChI=1S/C27H31FN4O3/c1-18-21-9-5-10-22(28)26(21)31-25(18)27(35)32-16-6-14-29-23(33)12-11-20(13-15-30-24(34)17-32)19-7-3-2-4-8-19/h2-5,7-10,20,31H,6,11-17H2,1H3,(H,29,33)(H,30,34). The van der Waals surface area contributed by atoms with Crippen molar-refractivity contribution >= 4 is 28.6 Å². The van der Waals surface area contributed by atoms with Crippen LogP contribution in [0, 0.1) is 12.7 Å². The second kappa shape index (κ2) is 11.2. The first kappa shape index (κ1) is 24.4. The van der Waals surface area contributed by atoms with Crippen LogP contribution in [-0.4, -0.2) is 53.8 Å². The minimum Gasteiger partial charge on any atom is -0.356 e. The monoisotopic (exact) mass is 478 g/mol. The number of nitrogens with zero attached hydrogens (tertiary/aromatic N) is 1. The number of nitrogens with one attached hydrogen (secondary N) is 3. The number of carbonyl (C=O) groups is 3. The third-order valence-corrected chi connectivity index (χ3v) is 6.61. The van der Waals surface area contributed by atoms with Crippen molar-refractivity contribution in [3.8, 4) is 0 Å². The van der Waals surface area contributed by atoms with Gasteiger partial charge in [0.25, 0.3) is 5.91 Å². The van der Waals surface area contributed by atoms with Crippen molar-refractivity contribution in [1.82, 2.24) is 20.5 Å². The molecular weight excluding hydrogens is 447 g/mol. The van der Waals surface area contributed by atoms with Crippen LogP contribution in [-0.2, 0) is 9.59 Å². The SMILES string of the molecule is Cc1c(C(=O)N2CCCNC(=O)CCC(c3ccccc3)CCNC(=O)C2)[nH]c2c(F)cccc12. The third-order valence-electron chi connectivity index (χ3n) is 6.61. The van der Waals surface area contributed by atoms with Gasteiger partial charge in [-0.2, -0.15) is 0 Å². The zero-order valence-corrected chi connectivity index (χ0v) is 19.9. The number of hydrogen-bond donors (Lipinski definition) is 3. The van der Waals surface area contributed by atoms with Crippen molar-refractivity contribution in [3.05, 3.63) is 71.2 Å². The van der Waals surface area contributed by atoms with Gasteiger partial charge in [-0.25, -0.2) is 4.39 Å². The van der Waals surface area contributed by atoms with E-state index in [4.69, 9.17) is 0 Å².